The lowest BCUT2D eigenvalue weighted by molar-refractivity contribution is -0.132. The molecule has 0 aliphatic carbocycles. The summed E-state index contributed by atoms with van der Waals surface area (Å²) in [6.07, 6.45) is 0. The molecule has 2 amide bonds. The molecule has 0 radical (unpaired) electrons. The minimum atomic E-state index is -0.669. The van der Waals surface area contributed by atoms with Gasteiger partial charge in [0, 0.05) is 18.6 Å². The zero-order valence-electron chi connectivity index (χ0n) is 14.7. The van der Waals surface area contributed by atoms with Gasteiger partial charge in [0.2, 0.25) is 0 Å². The van der Waals surface area contributed by atoms with Gasteiger partial charge in [-0.1, -0.05) is 23.7 Å². The van der Waals surface area contributed by atoms with E-state index in [4.69, 9.17) is 26.8 Å². The molecule has 138 valence electrons. The molecule has 7 heteroatoms. The minimum absolute atomic E-state index is 0.138. The number of primary amides is 1. The molecule has 0 atom stereocenters. The molecule has 0 aliphatic rings. The van der Waals surface area contributed by atoms with E-state index >= 15 is 0 Å². The lowest BCUT2D eigenvalue weighted by Crippen LogP contribution is -2.31. The normalized spacial score (nSPS) is 10.3. The maximum absolute atomic E-state index is 12.3. The molecule has 0 saturated carbocycles. The number of hydrogen-bond donors (Lipinski definition) is 1. The summed E-state index contributed by atoms with van der Waals surface area (Å²) in [5.41, 5.74) is 6.41. The van der Waals surface area contributed by atoms with Gasteiger partial charge in [0.15, 0.2) is 6.61 Å². The van der Waals surface area contributed by atoms with E-state index in [1.807, 2.05) is 31.2 Å². The van der Waals surface area contributed by atoms with Gasteiger partial charge in [-0.3, -0.25) is 9.59 Å². The molecule has 6 nitrogen and oxygen atoms in total. The summed E-state index contributed by atoms with van der Waals surface area (Å²) < 4.78 is 10.8. The van der Waals surface area contributed by atoms with Crippen LogP contribution in [-0.4, -0.2) is 37.0 Å². The third-order valence-corrected chi connectivity index (χ3v) is 3.87. The fraction of sp³-hybridized carbons (Fsp3) is 0.263. The highest BCUT2D eigenvalue weighted by atomic mass is 35.5. The summed E-state index contributed by atoms with van der Waals surface area (Å²) in [5, 5.41) is 0.366. The number of carbonyl (C=O) groups excluding carboxylic acids is 2. The number of nitrogens with zero attached hydrogens (tertiary/aromatic N) is 1. The molecule has 0 heterocycles. The second kappa shape index (κ2) is 9.10. The van der Waals surface area contributed by atoms with Crippen LogP contribution in [0.3, 0.4) is 0 Å². The molecule has 2 N–H and O–H groups in total. The van der Waals surface area contributed by atoms with Crippen LogP contribution in [0.4, 0.5) is 0 Å². The maximum Gasteiger partial charge on any atom is 0.260 e. The molecule has 0 saturated heterocycles. The smallest absolute Gasteiger partial charge is 0.260 e. The second-order valence-corrected chi connectivity index (χ2v) is 6.06. The van der Waals surface area contributed by atoms with Gasteiger partial charge in [-0.05, 0) is 42.8 Å². The van der Waals surface area contributed by atoms with E-state index in [1.54, 1.807) is 13.1 Å². The van der Waals surface area contributed by atoms with Crippen molar-refractivity contribution < 1.29 is 19.1 Å². The van der Waals surface area contributed by atoms with Crippen molar-refractivity contribution >= 4 is 23.4 Å². The van der Waals surface area contributed by atoms with E-state index < -0.39 is 5.91 Å². The Kier molecular flexibility index (Phi) is 6.86. The highest BCUT2D eigenvalue weighted by Gasteiger charge is 2.14. The fourth-order valence-corrected chi connectivity index (χ4v) is 2.46. The van der Waals surface area contributed by atoms with Crippen LogP contribution >= 0.6 is 11.6 Å². The molecule has 0 aliphatic heterocycles. The van der Waals surface area contributed by atoms with Gasteiger partial charge in [-0.2, -0.15) is 0 Å². The Morgan fingerprint density at radius 2 is 1.81 bits per heavy atom. The van der Waals surface area contributed by atoms with Crippen molar-refractivity contribution in [2.75, 3.05) is 20.3 Å². The molecule has 0 bridgehead atoms. The van der Waals surface area contributed by atoms with Gasteiger partial charge in [0.1, 0.15) is 11.5 Å². The molecule has 0 aromatic heterocycles. The lowest BCUT2D eigenvalue weighted by atomic mass is 10.2. The number of nitrogens with two attached hydrogens (primary N) is 1. The topological polar surface area (TPSA) is 81.9 Å². The summed E-state index contributed by atoms with van der Waals surface area (Å²) >= 11 is 5.85. The zero-order valence-corrected chi connectivity index (χ0v) is 15.5. The summed E-state index contributed by atoms with van der Waals surface area (Å²) in [5.74, 6) is 0.113. The van der Waals surface area contributed by atoms with E-state index in [0.29, 0.717) is 18.2 Å². The Labute approximate surface area is 157 Å². The van der Waals surface area contributed by atoms with Gasteiger partial charge in [-0.15, -0.1) is 0 Å². The molecule has 2 aromatic rings. The number of likely N-dealkylation sites (N-methyl/N-ethyl adjacent to an activating group) is 1. The number of halogens is 1. The molecule has 0 fully saturated rings. The van der Waals surface area contributed by atoms with Crippen molar-refractivity contribution in [3.63, 3.8) is 0 Å². The number of hydrogen-bond acceptors (Lipinski definition) is 4. The van der Waals surface area contributed by atoms with Crippen molar-refractivity contribution in [1.29, 1.82) is 0 Å². The highest BCUT2D eigenvalue weighted by Crippen LogP contribution is 2.22. The van der Waals surface area contributed by atoms with Crippen LogP contribution in [0.5, 0.6) is 11.5 Å². The molecule has 2 rings (SSSR count). The third-order valence-electron chi connectivity index (χ3n) is 3.64. The zero-order chi connectivity index (χ0) is 19.1. The van der Waals surface area contributed by atoms with Gasteiger partial charge < -0.3 is 20.1 Å². The van der Waals surface area contributed by atoms with E-state index in [9.17, 15) is 9.59 Å². The molecular formula is C19H21ClN2O4. The number of rotatable bonds is 8. The van der Waals surface area contributed by atoms with Crippen molar-refractivity contribution in [3.8, 4) is 11.5 Å². The predicted molar refractivity (Wildman–Crippen MR) is 99.5 cm³/mol. The van der Waals surface area contributed by atoms with Crippen molar-refractivity contribution in [3.05, 3.63) is 58.6 Å². The fourth-order valence-electron chi connectivity index (χ4n) is 2.29. The third kappa shape index (κ3) is 5.39. The van der Waals surface area contributed by atoms with Crippen LogP contribution in [0.1, 0.15) is 22.8 Å². The van der Waals surface area contributed by atoms with Crippen molar-refractivity contribution in [1.82, 2.24) is 4.90 Å². The Hall–Kier alpha value is -2.73. The lowest BCUT2D eigenvalue weighted by Gasteiger charge is -2.18. The van der Waals surface area contributed by atoms with Crippen molar-refractivity contribution in [2.24, 2.45) is 5.73 Å². The number of benzene rings is 2. The van der Waals surface area contributed by atoms with Gasteiger partial charge in [-0.25, -0.2) is 0 Å². The predicted octanol–water partition coefficient (Wildman–Crippen LogP) is 2.88. The largest absolute Gasteiger partial charge is 0.494 e. The Bertz CT molecular complexity index is 778. The Balaban J connectivity index is 1.94. The van der Waals surface area contributed by atoms with Crippen molar-refractivity contribution in [2.45, 2.75) is 13.5 Å². The highest BCUT2D eigenvalue weighted by molar-refractivity contribution is 6.31. The first-order valence-electron chi connectivity index (χ1n) is 8.08. The van der Waals surface area contributed by atoms with E-state index in [2.05, 4.69) is 0 Å². The molecule has 26 heavy (non-hydrogen) atoms. The molecule has 0 unspecified atom stereocenters. The summed E-state index contributed by atoms with van der Waals surface area (Å²) in [7, 11) is 1.68. The van der Waals surface area contributed by atoms with Crippen LogP contribution in [0.25, 0.3) is 0 Å². The van der Waals surface area contributed by atoms with Crippen LogP contribution in [0, 0.1) is 0 Å². The standard InChI is InChI=1S/C19H21ClN2O4/c1-3-25-15-7-4-13(5-8-15)11-22(2)18(23)12-26-17-9-6-14(20)10-16(17)19(21)24/h4-10H,3,11-12H2,1-2H3,(H2,21,24). The van der Waals surface area contributed by atoms with Crippen LogP contribution in [-0.2, 0) is 11.3 Å². The van der Waals surface area contributed by atoms with Crippen LogP contribution in [0.15, 0.2) is 42.5 Å². The first-order valence-corrected chi connectivity index (χ1v) is 8.46. The number of carbonyl (C=O) groups is 2. The van der Waals surface area contributed by atoms with Gasteiger partial charge in [0.25, 0.3) is 11.8 Å². The minimum Gasteiger partial charge on any atom is -0.494 e. The maximum atomic E-state index is 12.3. The van der Waals surface area contributed by atoms with Crippen LogP contribution in [0.2, 0.25) is 5.02 Å². The van der Waals surface area contributed by atoms with E-state index in [-0.39, 0.29) is 23.8 Å². The Morgan fingerprint density at radius 3 is 2.42 bits per heavy atom. The first kappa shape index (κ1) is 19.6. The number of ether oxygens (including phenoxy) is 2. The summed E-state index contributed by atoms with van der Waals surface area (Å²) in [6, 6.07) is 12.0. The Morgan fingerprint density at radius 1 is 1.12 bits per heavy atom. The summed E-state index contributed by atoms with van der Waals surface area (Å²) in [6.45, 7) is 2.74. The second-order valence-electron chi connectivity index (χ2n) is 5.62. The van der Waals surface area contributed by atoms with Gasteiger partial charge >= 0.3 is 0 Å². The first-order chi connectivity index (χ1) is 12.4. The van der Waals surface area contributed by atoms with E-state index in [1.165, 1.54) is 17.0 Å². The van der Waals surface area contributed by atoms with Gasteiger partial charge in [0.05, 0.1) is 12.2 Å². The number of amides is 2. The molecular weight excluding hydrogens is 356 g/mol. The monoisotopic (exact) mass is 376 g/mol. The van der Waals surface area contributed by atoms with E-state index in [0.717, 1.165) is 11.3 Å². The molecule has 2 aromatic carbocycles. The van der Waals surface area contributed by atoms with Crippen LogP contribution < -0.4 is 15.2 Å². The quantitative estimate of drug-likeness (QED) is 0.768. The average Bonchev–Trinajstić information content (AvgIpc) is 2.62. The molecule has 0 spiro atoms. The SMILES string of the molecule is CCOc1ccc(CN(C)C(=O)COc2ccc(Cl)cc2C(N)=O)cc1. The summed E-state index contributed by atoms with van der Waals surface area (Å²) in [4.78, 5) is 25.3. The average molecular weight is 377 g/mol.